The van der Waals surface area contributed by atoms with Gasteiger partial charge in [-0.1, -0.05) is 57.4 Å². The number of aldehydes is 1. The Labute approximate surface area is 127 Å². The molecule has 1 aliphatic carbocycles. The van der Waals surface area contributed by atoms with Crippen LogP contribution in [0.15, 0.2) is 24.3 Å². The van der Waals surface area contributed by atoms with Gasteiger partial charge in [0, 0.05) is 11.5 Å². The summed E-state index contributed by atoms with van der Waals surface area (Å²) in [7, 11) is 0. The Balaban J connectivity index is 2.07. The second-order valence-corrected chi connectivity index (χ2v) is 6.35. The first-order valence-electron chi connectivity index (χ1n) is 7.97. The summed E-state index contributed by atoms with van der Waals surface area (Å²) >= 11 is 0. The molecule has 1 aromatic rings. The van der Waals surface area contributed by atoms with E-state index in [-0.39, 0.29) is 17.9 Å². The number of carbonyl (C=O) groups is 2. The van der Waals surface area contributed by atoms with Gasteiger partial charge in [-0.2, -0.15) is 0 Å². The third kappa shape index (κ3) is 4.16. The van der Waals surface area contributed by atoms with Crippen molar-refractivity contribution in [2.45, 2.75) is 52.0 Å². The number of nitrogens with one attached hydrogen (secondary N) is 1. The normalized spacial score (nSPS) is 17.5. The van der Waals surface area contributed by atoms with E-state index < -0.39 is 0 Å². The largest absolute Gasteiger partial charge is 0.349 e. The summed E-state index contributed by atoms with van der Waals surface area (Å²) in [6.45, 7) is 4.22. The smallest absolute Gasteiger partial charge is 0.223 e. The highest BCUT2D eigenvalue weighted by molar-refractivity contribution is 5.79. The Kier molecular flexibility index (Phi) is 5.54. The average molecular weight is 287 g/mol. The molecule has 1 fully saturated rings. The zero-order chi connectivity index (χ0) is 15.2. The fourth-order valence-corrected chi connectivity index (χ4v) is 3.05. The number of amides is 1. The van der Waals surface area contributed by atoms with Crippen molar-refractivity contribution in [3.05, 3.63) is 35.4 Å². The molecule has 0 bridgehead atoms. The molecule has 1 amide bonds. The molecule has 0 aromatic heterocycles. The van der Waals surface area contributed by atoms with Crippen LogP contribution in [0.4, 0.5) is 0 Å². The Hall–Kier alpha value is -1.64. The standard InChI is InChI=1S/C18H25NO2/c1-13(2)17(15-10-8-14(12-20)9-11-15)19-18(21)16-6-4-3-5-7-16/h8-13,16-17H,3-7H2,1-2H3,(H,19,21). The van der Waals surface area contributed by atoms with Crippen LogP contribution in [0.3, 0.4) is 0 Å². The molecular weight excluding hydrogens is 262 g/mol. The van der Waals surface area contributed by atoms with Crippen LogP contribution in [0, 0.1) is 11.8 Å². The minimum atomic E-state index is 0.0140. The van der Waals surface area contributed by atoms with Gasteiger partial charge in [-0.25, -0.2) is 0 Å². The van der Waals surface area contributed by atoms with Gasteiger partial charge in [-0.3, -0.25) is 9.59 Å². The molecule has 1 aliphatic rings. The third-order valence-corrected chi connectivity index (χ3v) is 4.37. The van der Waals surface area contributed by atoms with E-state index in [1.807, 2.05) is 24.3 Å². The number of rotatable bonds is 5. The van der Waals surface area contributed by atoms with Gasteiger partial charge >= 0.3 is 0 Å². The maximum Gasteiger partial charge on any atom is 0.223 e. The summed E-state index contributed by atoms with van der Waals surface area (Å²) in [5.41, 5.74) is 1.74. The Bertz CT molecular complexity index is 472. The molecule has 1 aromatic carbocycles. The highest BCUT2D eigenvalue weighted by Gasteiger charge is 2.25. The fourth-order valence-electron chi connectivity index (χ4n) is 3.05. The Morgan fingerprint density at radius 1 is 1.14 bits per heavy atom. The lowest BCUT2D eigenvalue weighted by Crippen LogP contribution is -2.37. The van der Waals surface area contributed by atoms with Gasteiger partial charge in [-0.05, 0) is 24.3 Å². The lowest BCUT2D eigenvalue weighted by molar-refractivity contribution is -0.127. The van der Waals surface area contributed by atoms with Crippen molar-refractivity contribution in [3.63, 3.8) is 0 Å². The number of hydrogen-bond donors (Lipinski definition) is 1. The van der Waals surface area contributed by atoms with Crippen LogP contribution in [-0.2, 0) is 4.79 Å². The molecule has 114 valence electrons. The molecule has 1 unspecified atom stereocenters. The molecule has 0 radical (unpaired) electrons. The first-order valence-corrected chi connectivity index (χ1v) is 7.97. The highest BCUT2D eigenvalue weighted by atomic mass is 16.2. The molecule has 3 heteroatoms. The minimum Gasteiger partial charge on any atom is -0.349 e. The van der Waals surface area contributed by atoms with Crippen LogP contribution in [0.5, 0.6) is 0 Å². The minimum absolute atomic E-state index is 0.0140. The van der Waals surface area contributed by atoms with Crippen molar-refractivity contribution in [1.82, 2.24) is 5.32 Å². The van der Waals surface area contributed by atoms with Gasteiger partial charge in [0.2, 0.25) is 5.91 Å². The molecule has 1 N–H and O–H groups in total. The van der Waals surface area contributed by atoms with E-state index in [1.54, 1.807) is 0 Å². The molecule has 1 atom stereocenters. The predicted molar refractivity (Wildman–Crippen MR) is 84.1 cm³/mol. The zero-order valence-corrected chi connectivity index (χ0v) is 13.0. The molecule has 0 saturated heterocycles. The van der Waals surface area contributed by atoms with Crippen LogP contribution in [0.1, 0.15) is 67.9 Å². The SMILES string of the molecule is CC(C)C(NC(=O)C1CCCCC1)c1ccc(C=O)cc1. The molecular formula is C18H25NO2. The molecule has 0 heterocycles. The molecule has 1 saturated carbocycles. The van der Waals surface area contributed by atoms with Crippen molar-refractivity contribution < 1.29 is 9.59 Å². The first kappa shape index (κ1) is 15.7. The zero-order valence-electron chi connectivity index (χ0n) is 13.0. The predicted octanol–water partition coefficient (Wildman–Crippen LogP) is 3.89. The van der Waals surface area contributed by atoms with E-state index in [1.165, 1.54) is 19.3 Å². The van der Waals surface area contributed by atoms with E-state index in [4.69, 9.17) is 0 Å². The van der Waals surface area contributed by atoms with E-state index in [0.29, 0.717) is 11.5 Å². The maximum absolute atomic E-state index is 12.4. The summed E-state index contributed by atoms with van der Waals surface area (Å²) in [6.07, 6.45) is 6.46. The summed E-state index contributed by atoms with van der Waals surface area (Å²) in [5.74, 6) is 0.682. The summed E-state index contributed by atoms with van der Waals surface area (Å²) < 4.78 is 0. The van der Waals surface area contributed by atoms with Crippen LogP contribution in [0.2, 0.25) is 0 Å². The van der Waals surface area contributed by atoms with Crippen molar-refractivity contribution in [2.24, 2.45) is 11.8 Å². The van der Waals surface area contributed by atoms with Gasteiger partial charge in [-0.15, -0.1) is 0 Å². The second-order valence-electron chi connectivity index (χ2n) is 6.35. The number of carbonyl (C=O) groups excluding carboxylic acids is 2. The van der Waals surface area contributed by atoms with Gasteiger partial charge in [0.1, 0.15) is 6.29 Å². The van der Waals surface area contributed by atoms with E-state index in [0.717, 1.165) is 24.7 Å². The lowest BCUT2D eigenvalue weighted by atomic mass is 9.87. The van der Waals surface area contributed by atoms with Crippen molar-refractivity contribution in [1.29, 1.82) is 0 Å². The number of benzene rings is 1. The molecule has 21 heavy (non-hydrogen) atoms. The fraction of sp³-hybridized carbons (Fsp3) is 0.556. The van der Waals surface area contributed by atoms with Crippen LogP contribution in [-0.4, -0.2) is 12.2 Å². The van der Waals surface area contributed by atoms with Crippen molar-refractivity contribution in [2.75, 3.05) is 0 Å². The molecule has 0 aliphatic heterocycles. The second kappa shape index (κ2) is 7.39. The van der Waals surface area contributed by atoms with Gasteiger partial charge in [0.15, 0.2) is 0 Å². The van der Waals surface area contributed by atoms with E-state index in [9.17, 15) is 9.59 Å². The topological polar surface area (TPSA) is 46.2 Å². The first-order chi connectivity index (χ1) is 10.1. The van der Waals surface area contributed by atoms with Gasteiger partial charge in [0.05, 0.1) is 6.04 Å². The van der Waals surface area contributed by atoms with E-state index >= 15 is 0 Å². The van der Waals surface area contributed by atoms with Gasteiger partial charge < -0.3 is 5.32 Å². The highest BCUT2D eigenvalue weighted by Crippen LogP contribution is 2.27. The summed E-state index contributed by atoms with van der Waals surface area (Å²) in [6, 6.07) is 7.51. The Morgan fingerprint density at radius 2 is 1.76 bits per heavy atom. The third-order valence-electron chi connectivity index (χ3n) is 4.37. The van der Waals surface area contributed by atoms with Crippen molar-refractivity contribution in [3.8, 4) is 0 Å². The quantitative estimate of drug-likeness (QED) is 0.835. The van der Waals surface area contributed by atoms with Crippen molar-refractivity contribution >= 4 is 12.2 Å². The molecule has 0 spiro atoms. The average Bonchev–Trinajstić information content (AvgIpc) is 2.53. The number of hydrogen-bond acceptors (Lipinski definition) is 2. The van der Waals surface area contributed by atoms with E-state index in [2.05, 4.69) is 19.2 Å². The van der Waals surface area contributed by atoms with Crippen LogP contribution < -0.4 is 5.32 Å². The monoisotopic (exact) mass is 287 g/mol. The molecule has 3 nitrogen and oxygen atoms in total. The molecule has 2 rings (SSSR count). The summed E-state index contributed by atoms with van der Waals surface area (Å²) in [5, 5.41) is 3.21. The summed E-state index contributed by atoms with van der Waals surface area (Å²) in [4.78, 5) is 23.2. The lowest BCUT2D eigenvalue weighted by Gasteiger charge is -2.27. The van der Waals surface area contributed by atoms with Gasteiger partial charge in [0.25, 0.3) is 0 Å². The van der Waals surface area contributed by atoms with Crippen LogP contribution >= 0.6 is 0 Å². The Morgan fingerprint density at radius 3 is 2.29 bits per heavy atom. The maximum atomic E-state index is 12.4. The van der Waals surface area contributed by atoms with Crippen LogP contribution in [0.25, 0.3) is 0 Å².